The molecule has 2 rings (SSSR count). The van der Waals surface area contributed by atoms with E-state index in [1.807, 2.05) is 0 Å². The number of nitro groups is 1. The molecule has 2 aromatic rings. The maximum atomic E-state index is 14.0. The van der Waals surface area contributed by atoms with Crippen LogP contribution < -0.4 is 9.47 Å². The first-order valence-corrected chi connectivity index (χ1v) is 5.73. The SMILES string of the molecule is COc1ccc(-c2ccc([N+](=O)[O-])cc2F)c(OC)c1. The molecule has 2 aromatic carbocycles. The highest BCUT2D eigenvalue weighted by Gasteiger charge is 2.15. The minimum absolute atomic E-state index is 0.232. The number of hydrogen-bond acceptors (Lipinski definition) is 4. The molecule has 0 radical (unpaired) electrons. The van der Waals surface area contributed by atoms with E-state index < -0.39 is 10.7 Å². The molecule has 6 heteroatoms. The summed E-state index contributed by atoms with van der Waals surface area (Å²) in [5.41, 5.74) is 0.439. The molecular formula is C14H12FNO4. The van der Waals surface area contributed by atoms with Gasteiger partial charge in [0.05, 0.1) is 25.2 Å². The van der Waals surface area contributed by atoms with Gasteiger partial charge in [0.1, 0.15) is 17.3 Å². The molecule has 0 aromatic heterocycles. The zero-order chi connectivity index (χ0) is 14.7. The van der Waals surface area contributed by atoms with E-state index in [0.29, 0.717) is 17.1 Å². The van der Waals surface area contributed by atoms with Gasteiger partial charge in [-0.05, 0) is 18.2 Å². The second-order valence-electron chi connectivity index (χ2n) is 3.99. The second-order valence-corrected chi connectivity index (χ2v) is 3.99. The molecule has 0 spiro atoms. The molecule has 0 bridgehead atoms. The number of nitro benzene ring substituents is 1. The first-order valence-electron chi connectivity index (χ1n) is 5.73. The highest BCUT2D eigenvalue weighted by Crippen LogP contribution is 2.35. The number of ether oxygens (including phenoxy) is 2. The molecule has 0 N–H and O–H groups in total. The van der Waals surface area contributed by atoms with Gasteiger partial charge in [0, 0.05) is 23.3 Å². The van der Waals surface area contributed by atoms with Crippen LogP contribution in [-0.2, 0) is 0 Å². The lowest BCUT2D eigenvalue weighted by atomic mass is 10.0. The molecule has 0 unspecified atom stereocenters. The van der Waals surface area contributed by atoms with Crippen LogP contribution in [0.5, 0.6) is 11.5 Å². The lowest BCUT2D eigenvalue weighted by Crippen LogP contribution is -1.94. The summed E-state index contributed by atoms with van der Waals surface area (Å²) in [4.78, 5) is 9.96. The Hall–Kier alpha value is -2.63. The van der Waals surface area contributed by atoms with Crippen molar-refractivity contribution in [3.63, 3.8) is 0 Å². The lowest BCUT2D eigenvalue weighted by molar-refractivity contribution is -0.385. The van der Waals surface area contributed by atoms with Crippen LogP contribution >= 0.6 is 0 Å². The number of hydrogen-bond donors (Lipinski definition) is 0. The predicted molar refractivity (Wildman–Crippen MR) is 71.6 cm³/mol. The lowest BCUT2D eigenvalue weighted by Gasteiger charge is -2.11. The number of nitrogens with zero attached hydrogens (tertiary/aromatic N) is 1. The smallest absolute Gasteiger partial charge is 0.272 e. The van der Waals surface area contributed by atoms with Crippen LogP contribution in [0.2, 0.25) is 0 Å². The van der Waals surface area contributed by atoms with Crippen LogP contribution in [0, 0.1) is 15.9 Å². The van der Waals surface area contributed by atoms with Crippen molar-refractivity contribution in [3.8, 4) is 22.6 Å². The van der Waals surface area contributed by atoms with E-state index in [4.69, 9.17) is 9.47 Å². The normalized spacial score (nSPS) is 10.2. The van der Waals surface area contributed by atoms with Crippen molar-refractivity contribution in [2.24, 2.45) is 0 Å². The van der Waals surface area contributed by atoms with E-state index in [1.54, 1.807) is 18.2 Å². The molecule has 0 aliphatic rings. The minimum atomic E-state index is -0.678. The first kappa shape index (κ1) is 13.8. The van der Waals surface area contributed by atoms with Gasteiger partial charge in [0.25, 0.3) is 5.69 Å². The Morgan fingerprint density at radius 2 is 1.75 bits per heavy atom. The number of halogens is 1. The maximum absolute atomic E-state index is 14.0. The van der Waals surface area contributed by atoms with Crippen LogP contribution in [0.1, 0.15) is 0 Å². The summed E-state index contributed by atoms with van der Waals surface area (Å²) >= 11 is 0. The van der Waals surface area contributed by atoms with Gasteiger partial charge in [-0.15, -0.1) is 0 Å². The summed E-state index contributed by atoms with van der Waals surface area (Å²) in [5.74, 6) is 0.327. The number of non-ortho nitro benzene ring substituents is 1. The van der Waals surface area contributed by atoms with Crippen LogP contribution in [0.25, 0.3) is 11.1 Å². The van der Waals surface area contributed by atoms with Crippen LogP contribution in [0.15, 0.2) is 36.4 Å². The summed E-state index contributed by atoms with van der Waals surface area (Å²) < 4.78 is 24.3. The van der Waals surface area contributed by atoms with Gasteiger partial charge in [0.2, 0.25) is 0 Å². The van der Waals surface area contributed by atoms with Crippen molar-refractivity contribution >= 4 is 5.69 Å². The minimum Gasteiger partial charge on any atom is -0.497 e. The Morgan fingerprint density at radius 3 is 2.30 bits per heavy atom. The summed E-state index contributed by atoms with van der Waals surface area (Å²) in [6.07, 6.45) is 0. The third kappa shape index (κ3) is 2.54. The van der Waals surface area contributed by atoms with E-state index in [1.165, 1.54) is 26.4 Å². The second kappa shape index (κ2) is 5.56. The average molecular weight is 277 g/mol. The molecule has 0 saturated carbocycles. The molecule has 0 atom stereocenters. The van der Waals surface area contributed by atoms with Crippen LogP contribution in [-0.4, -0.2) is 19.1 Å². The predicted octanol–water partition coefficient (Wildman–Crippen LogP) is 3.42. The fourth-order valence-electron chi connectivity index (χ4n) is 1.86. The fourth-order valence-corrected chi connectivity index (χ4v) is 1.86. The van der Waals surface area contributed by atoms with Gasteiger partial charge in [-0.1, -0.05) is 0 Å². The maximum Gasteiger partial charge on any atom is 0.272 e. The van der Waals surface area contributed by atoms with E-state index in [9.17, 15) is 14.5 Å². The number of benzene rings is 2. The van der Waals surface area contributed by atoms with Crippen molar-refractivity contribution in [3.05, 3.63) is 52.3 Å². The van der Waals surface area contributed by atoms with Crippen LogP contribution in [0.4, 0.5) is 10.1 Å². The van der Waals surface area contributed by atoms with Gasteiger partial charge >= 0.3 is 0 Å². The van der Waals surface area contributed by atoms with Gasteiger partial charge in [-0.3, -0.25) is 10.1 Å². The Labute approximate surface area is 114 Å². The molecule has 0 aliphatic heterocycles. The van der Waals surface area contributed by atoms with Gasteiger partial charge in [-0.2, -0.15) is 0 Å². The monoisotopic (exact) mass is 277 g/mol. The first-order chi connectivity index (χ1) is 9.56. The Bertz CT molecular complexity index is 658. The standard InChI is InChI=1S/C14H12FNO4/c1-19-10-4-6-12(14(8-10)20-2)11-5-3-9(16(17)18)7-13(11)15/h3-8H,1-2H3. The van der Waals surface area contributed by atoms with Gasteiger partial charge in [0.15, 0.2) is 0 Å². The summed E-state index contributed by atoms with van der Waals surface area (Å²) in [7, 11) is 2.97. The van der Waals surface area contributed by atoms with Gasteiger partial charge in [-0.25, -0.2) is 4.39 Å². The molecule has 0 saturated heterocycles. The van der Waals surface area contributed by atoms with Crippen molar-refractivity contribution in [2.45, 2.75) is 0 Å². The topological polar surface area (TPSA) is 61.6 Å². The van der Waals surface area contributed by atoms with Crippen molar-refractivity contribution in [2.75, 3.05) is 14.2 Å². The molecule has 104 valence electrons. The Kier molecular flexibility index (Phi) is 3.84. The zero-order valence-corrected chi connectivity index (χ0v) is 10.9. The van der Waals surface area contributed by atoms with Gasteiger partial charge < -0.3 is 9.47 Å². The Balaban J connectivity index is 2.53. The number of methoxy groups -OCH3 is 2. The third-order valence-corrected chi connectivity index (χ3v) is 2.86. The summed E-state index contributed by atoms with van der Waals surface area (Å²) in [6.45, 7) is 0. The largest absolute Gasteiger partial charge is 0.497 e. The Morgan fingerprint density at radius 1 is 1.05 bits per heavy atom. The van der Waals surface area contributed by atoms with Crippen molar-refractivity contribution < 1.29 is 18.8 Å². The fraction of sp³-hybridized carbons (Fsp3) is 0.143. The summed E-state index contributed by atoms with van der Waals surface area (Å²) in [5, 5.41) is 10.6. The van der Waals surface area contributed by atoms with E-state index >= 15 is 0 Å². The molecule has 0 heterocycles. The quantitative estimate of drug-likeness (QED) is 0.634. The van der Waals surface area contributed by atoms with Crippen molar-refractivity contribution in [1.29, 1.82) is 0 Å². The van der Waals surface area contributed by atoms with E-state index in [2.05, 4.69) is 0 Å². The highest BCUT2D eigenvalue weighted by molar-refractivity contribution is 5.73. The third-order valence-electron chi connectivity index (χ3n) is 2.86. The molecule has 5 nitrogen and oxygen atoms in total. The van der Waals surface area contributed by atoms with Crippen LogP contribution in [0.3, 0.4) is 0 Å². The van der Waals surface area contributed by atoms with E-state index in [0.717, 1.165) is 6.07 Å². The molecule has 0 amide bonds. The van der Waals surface area contributed by atoms with E-state index in [-0.39, 0.29) is 11.3 Å². The summed E-state index contributed by atoms with van der Waals surface area (Å²) in [6, 6.07) is 8.43. The number of rotatable bonds is 4. The molecule has 20 heavy (non-hydrogen) atoms. The average Bonchev–Trinajstić information content (AvgIpc) is 2.46. The highest BCUT2D eigenvalue weighted by atomic mass is 19.1. The molecular weight excluding hydrogens is 265 g/mol. The van der Waals surface area contributed by atoms with Crippen molar-refractivity contribution in [1.82, 2.24) is 0 Å². The molecule has 0 fully saturated rings. The zero-order valence-electron chi connectivity index (χ0n) is 10.9. The molecule has 0 aliphatic carbocycles.